The fraction of sp³-hybridized carbons (Fsp3) is 1.00. The maximum atomic E-state index is 3.28. The van der Waals surface area contributed by atoms with Crippen LogP contribution in [0, 0.1) is 5.92 Å². The molecule has 1 saturated carbocycles. The number of nitrogens with one attached hydrogen (secondary N) is 6. The van der Waals surface area contributed by atoms with Gasteiger partial charge in [0.05, 0.1) is 0 Å². The van der Waals surface area contributed by atoms with Crippen molar-refractivity contribution < 1.29 is 0 Å². The van der Waals surface area contributed by atoms with Crippen molar-refractivity contribution in [2.75, 3.05) is 0 Å². The third-order valence-electron chi connectivity index (χ3n) is 4.89. The summed E-state index contributed by atoms with van der Waals surface area (Å²) >= 11 is 0. The Balaban J connectivity index is 1.62. The quantitative estimate of drug-likeness (QED) is 0.329. The molecule has 0 aromatic carbocycles. The lowest BCUT2D eigenvalue weighted by atomic mass is 9.79. The topological polar surface area (TPSA) is 78.7 Å². The van der Waals surface area contributed by atoms with E-state index >= 15 is 0 Å². The molecule has 8 nitrogen and oxygen atoms in total. The minimum Gasteiger partial charge on any atom is -0.221 e. The van der Waals surface area contributed by atoms with Gasteiger partial charge in [-0.1, -0.05) is 13.3 Å². The lowest BCUT2D eigenvalue weighted by Gasteiger charge is -2.51. The molecule has 102 valence electrons. The average Bonchev–Trinajstić information content (AvgIpc) is 3.06. The van der Waals surface area contributed by atoms with E-state index in [4.69, 9.17) is 0 Å². The molecule has 4 aliphatic rings. The van der Waals surface area contributed by atoms with Crippen molar-refractivity contribution in [1.29, 1.82) is 0 Å². The Morgan fingerprint density at radius 3 is 2.28 bits per heavy atom. The number of nitrogens with zero attached hydrogens (tertiary/aromatic N) is 2. The van der Waals surface area contributed by atoms with Crippen LogP contribution >= 0.6 is 0 Å². The summed E-state index contributed by atoms with van der Waals surface area (Å²) in [6, 6.07) is 1.09. The summed E-state index contributed by atoms with van der Waals surface area (Å²) in [5.41, 5.74) is 19.1. The van der Waals surface area contributed by atoms with Crippen molar-refractivity contribution in [3.05, 3.63) is 0 Å². The van der Waals surface area contributed by atoms with E-state index in [1.807, 2.05) is 0 Å². The van der Waals surface area contributed by atoms with Gasteiger partial charge in [-0.05, 0) is 25.2 Å². The molecule has 18 heavy (non-hydrogen) atoms. The molecular formula is C10H22N8. The van der Waals surface area contributed by atoms with Crippen molar-refractivity contribution in [3.8, 4) is 0 Å². The molecule has 3 saturated heterocycles. The van der Waals surface area contributed by atoms with Crippen LogP contribution in [0.4, 0.5) is 0 Å². The molecule has 4 rings (SSSR count). The van der Waals surface area contributed by atoms with Crippen molar-refractivity contribution in [2.24, 2.45) is 5.92 Å². The van der Waals surface area contributed by atoms with Crippen LogP contribution in [-0.4, -0.2) is 34.4 Å². The lowest BCUT2D eigenvalue weighted by Crippen LogP contribution is -2.72. The first kappa shape index (κ1) is 11.5. The molecule has 0 bridgehead atoms. The van der Waals surface area contributed by atoms with Gasteiger partial charge in [0.1, 0.15) is 12.3 Å². The van der Waals surface area contributed by atoms with Crippen LogP contribution in [0.25, 0.3) is 0 Å². The van der Waals surface area contributed by atoms with Gasteiger partial charge in [-0.15, -0.1) is 0 Å². The van der Waals surface area contributed by atoms with E-state index in [0.29, 0.717) is 12.1 Å². The van der Waals surface area contributed by atoms with E-state index < -0.39 is 0 Å². The highest BCUT2D eigenvalue weighted by molar-refractivity contribution is 5.01. The van der Waals surface area contributed by atoms with Crippen LogP contribution in [0.3, 0.4) is 0 Å². The van der Waals surface area contributed by atoms with Crippen LogP contribution in [0.2, 0.25) is 0 Å². The highest BCUT2D eigenvalue weighted by Gasteiger charge is 2.53. The van der Waals surface area contributed by atoms with Crippen molar-refractivity contribution in [2.45, 2.75) is 57.0 Å². The fourth-order valence-corrected chi connectivity index (χ4v) is 3.87. The first-order chi connectivity index (χ1) is 8.88. The maximum absolute atomic E-state index is 3.28. The van der Waals surface area contributed by atoms with Crippen LogP contribution in [0.1, 0.15) is 32.6 Å². The lowest BCUT2D eigenvalue weighted by molar-refractivity contribution is -0.102. The van der Waals surface area contributed by atoms with Gasteiger partial charge >= 0.3 is 0 Å². The molecule has 8 heteroatoms. The number of piperazine rings is 1. The number of hydrogen-bond acceptors (Lipinski definition) is 8. The van der Waals surface area contributed by atoms with Crippen LogP contribution in [0.5, 0.6) is 0 Å². The van der Waals surface area contributed by atoms with E-state index in [1.165, 1.54) is 25.7 Å². The second-order valence-electron chi connectivity index (χ2n) is 5.69. The molecule has 0 amide bonds. The van der Waals surface area contributed by atoms with E-state index in [2.05, 4.69) is 49.9 Å². The maximum Gasteiger partial charge on any atom is 0.120 e. The van der Waals surface area contributed by atoms with Gasteiger partial charge in [0, 0.05) is 12.1 Å². The summed E-state index contributed by atoms with van der Waals surface area (Å²) in [5, 5.41) is 4.68. The van der Waals surface area contributed by atoms with Gasteiger partial charge < -0.3 is 0 Å². The first-order valence-corrected chi connectivity index (χ1v) is 6.97. The van der Waals surface area contributed by atoms with Gasteiger partial charge in [0.2, 0.25) is 0 Å². The zero-order valence-corrected chi connectivity index (χ0v) is 10.6. The fourth-order valence-electron chi connectivity index (χ4n) is 3.87. The molecule has 3 heterocycles. The summed E-state index contributed by atoms with van der Waals surface area (Å²) in [7, 11) is 0. The third-order valence-corrected chi connectivity index (χ3v) is 4.89. The highest BCUT2D eigenvalue weighted by Crippen LogP contribution is 2.37. The van der Waals surface area contributed by atoms with Crippen molar-refractivity contribution >= 4 is 0 Å². The minimum atomic E-state index is 0.226. The molecule has 5 unspecified atom stereocenters. The Labute approximate surface area is 107 Å². The highest BCUT2D eigenvalue weighted by atomic mass is 16.0. The summed E-state index contributed by atoms with van der Waals surface area (Å²) in [6.45, 7) is 2.30. The zero-order valence-electron chi connectivity index (χ0n) is 10.6. The molecule has 0 radical (unpaired) electrons. The van der Waals surface area contributed by atoms with Gasteiger partial charge in [-0.2, -0.15) is 22.1 Å². The Morgan fingerprint density at radius 2 is 1.61 bits per heavy atom. The Hall–Kier alpha value is -0.320. The van der Waals surface area contributed by atoms with E-state index in [0.717, 1.165) is 5.92 Å². The van der Waals surface area contributed by atoms with E-state index in [1.54, 1.807) is 0 Å². The molecule has 3 aliphatic heterocycles. The molecule has 6 N–H and O–H groups in total. The van der Waals surface area contributed by atoms with Gasteiger partial charge in [-0.3, -0.25) is 0 Å². The molecule has 0 spiro atoms. The van der Waals surface area contributed by atoms with Gasteiger partial charge in [0.15, 0.2) is 0 Å². The second kappa shape index (κ2) is 4.36. The molecule has 0 aromatic rings. The Kier molecular flexibility index (Phi) is 2.78. The monoisotopic (exact) mass is 254 g/mol. The van der Waals surface area contributed by atoms with Crippen LogP contribution in [-0.2, 0) is 0 Å². The summed E-state index contributed by atoms with van der Waals surface area (Å²) in [5.74, 6) is 0.856. The van der Waals surface area contributed by atoms with Crippen LogP contribution in [0.15, 0.2) is 0 Å². The molecule has 0 aromatic heterocycles. The van der Waals surface area contributed by atoms with Gasteiger partial charge in [-0.25, -0.2) is 20.9 Å². The molecular weight excluding hydrogens is 232 g/mol. The average molecular weight is 254 g/mol. The van der Waals surface area contributed by atoms with Crippen LogP contribution < -0.4 is 33.0 Å². The van der Waals surface area contributed by atoms with Gasteiger partial charge in [0.25, 0.3) is 0 Å². The SMILES string of the molecule is CCC1CCC2C(C1)N1NNNC1C1NNNN21. The molecule has 1 aliphatic carbocycles. The van der Waals surface area contributed by atoms with E-state index in [9.17, 15) is 0 Å². The predicted molar refractivity (Wildman–Crippen MR) is 65.3 cm³/mol. The third kappa shape index (κ3) is 1.55. The van der Waals surface area contributed by atoms with Crippen molar-refractivity contribution in [1.82, 2.24) is 43.0 Å². The summed E-state index contributed by atoms with van der Waals surface area (Å²) in [6.07, 6.45) is 5.59. The molecule has 5 atom stereocenters. The smallest absolute Gasteiger partial charge is 0.120 e. The second-order valence-corrected chi connectivity index (χ2v) is 5.69. The summed E-state index contributed by atoms with van der Waals surface area (Å²) in [4.78, 5) is 0. The number of rotatable bonds is 1. The largest absolute Gasteiger partial charge is 0.221 e. The minimum absolute atomic E-state index is 0.226. The normalized spacial score (nSPS) is 48.8. The Morgan fingerprint density at radius 1 is 0.944 bits per heavy atom. The molecule has 4 fully saturated rings. The van der Waals surface area contributed by atoms with Crippen molar-refractivity contribution in [3.63, 3.8) is 0 Å². The Bertz CT molecular complexity index is 325. The standard InChI is InChI=1S/C10H22N8/c1-2-6-3-4-7-8(5-6)18-10(12-14-16-18)9-11-13-15-17(7)9/h6-16H,2-5H2,1H3. The predicted octanol–water partition coefficient (Wildman–Crippen LogP) is -1.74. The summed E-state index contributed by atoms with van der Waals surface area (Å²) < 4.78 is 0. The van der Waals surface area contributed by atoms with E-state index in [-0.39, 0.29) is 12.3 Å². The number of fused-ring (bicyclic) bond motifs is 6. The zero-order chi connectivity index (χ0) is 12.1. The number of hydrogen-bond donors (Lipinski definition) is 6. The number of hydrazine groups is 6. The first-order valence-electron chi connectivity index (χ1n) is 6.97.